The van der Waals surface area contributed by atoms with Crippen molar-refractivity contribution < 1.29 is 4.52 Å². The Kier molecular flexibility index (Phi) is 3.90. The molecule has 0 aliphatic carbocycles. The van der Waals surface area contributed by atoms with Gasteiger partial charge < -0.3 is 9.84 Å². The maximum atomic E-state index is 5.47. The lowest BCUT2D eigenvalue weighted by Gasteiger charge is -2.23. The molecule has 1 aliphatic rings. The summed E-state index contributed by atoms with van der Waals surface area (Å²) < 4.78 is 7.48. The molecule has 0 saturated carbocycles. The fourth-order valence-electron chi connectivity index (χ4n) is 3.10. The average Bonchev–Trinajstić information content (AvgIpc) is 3.18. The molecule has 0 fully saturated rings. The van der Waals surface area contributed by atoms with Crippen LogP contribution in [0, 0.1) is 13.8 Å². The van der Waals surface area contributed by atoms with Crippen LogP contribution in [-0.4, -0.2) is 26.0 Å². The van der Waals surface area contributed by atoms with Gasteiger partial charge in [0.25, 0.3) is 0 Å². The van der Waals surface area contributed by atoms with Gasteiger partial charge >= 0.3 is 0 Å². The van der Waals surface area contributed by atoms with E-state index in [4.69, 9.17) is 4.52 Å². The standard InChI is InChI=1S/C18H21N5O/c1-12-3-5-14(6-4-12)17-9-16(24-22-17)10-19-15-7-8-18-20-13(2)21-23(18)11-15/h3-6,9,15,19H,7-8,10-11H2,1-2H3/t15-/m0/s1. The average molecular weight is 323 g/mol. The van der Waals surface area contributed by atoms with Gasteiger partial charge in [0.2, 0.25) is 0 Å². The zero-order chi connectivity index (χ0) is 16.5. The Bertz CT molecular complexity index is 833. The molecular formula is C18H21N5O. The predicted octanol–water partition coefficient (Wildman–Crippen LogP) is 2.65. The third-order valence-corrected chi connectivity index (χ3v) is 4.44. The molecule has 3 aromatic rings. The van der Waals surface area contributed by atoms with Crippen LogP contribution in [0.4, 0.5) is 0 Å². The molecule has 0 saturated heterocycles. The summed E-state index contributed by atoms with van der Waals surface area (Å²) in [6, 6.07) is 10.7. The summed E-state index contributed by atoms with van der Waals surface area (Å²) in [6.45, 7) is 5.55. The first-order valence-corrected chi connectivity index (χ1v) is 8.34. The van der Waals surface area contributed by atoms with Crippen LogP contribution >= 0.6 is 0 Å². The Morgan fingerprint density at radius 3 is 2.92 bits per heavy atom. The van der Waals surface area contributed by atoms with Crippen LogP contribution in [0.3, 0.4) is 0 Å². The van der Waals surface area contributed by atoms with Crippen molar-refractivity contribution in [1.82, 2.24) is 25.2 Å². The Hall–Kier alpha value is -2.47. The molecule has 4 rings (SSSR count). The fraction of sp³-hybridized carbons (Fsp3) is 0.389. The van der Waals surface area contributed by atoms with E-state index in [0.29, 0.717) is 12.6 Å². The van der Waals surface area contributed by atoms with E-state index in [-0.39, 0.29) is 0 Å². The van der Waals surface area contributed by atoms with Gasteiger partial charge in [0, 0.05) is 24.1 Å². The van der Waals surface area contributed by atoms with Crippen LogP contribution in [0.25, 0.3) is 11.3 Å². The second kappa shape index (κ2) is 6.20. The van der Waals surface area contributed by atoms with Crippen LogP contribution in [-0.2, 0) is 19.5 Å². The molecule has 1 atom stereocenters. The first kappa shape index (κ1) is 15.1. The molecule has 0 bridgehead atoms. The van der Waals surface area contributed by atoms with Gasteiger partial charge in [0.15, 0.2) is 5.76 Å². The lowest BCUT2D eigenvalue weighted by Crippen LogP contribution is -2.37. The fourth-order valence-corrected chi connectivity index (χ4v) is 3.10. The normalized spacial score (nSPS) is 17.0. The minimum absolute atomic E-state index is 0.381. The zero-order valence-corrected chi connectivity index (χ0v) is 14.0. The summed E-state index contributed by atoms with van der Waals surface area (Å²) in [5.41, 5.74) is 3.20. The molecule has 3 heterocycles. The number of nitrogens with zero attached hydrogens (tertiary/aromatic N) is 4. The highest BCUT2D eigenvalue weighted by Gasteiger charge is 2.20. The van der Waals surface area contributed by atoms with Gasteiger partial charge in [0.05, 0.1) is 13.1 Å². The zero-order valence-electron chi connectivity index (χ0n) is 14.0. The van der Waals surface area contributed by atoms with Gasteiger partial charge in [-0.3, -0.25) is 0 Å². The van der Waals surface area contributed by atoms with E-state index in [1.807, 2.05) is 17.7 Å². The minimum atomic E-state index is 0.381. The van der Waals surface area contributed by atoms with Crippen LogP contribution in [0.5, 0.6) is 0 Å². The molecule has 124 valence electrons. The second-order valence-electron chi connectivity index (χ2n) is 6.42. The maximum Gasteiger partial charge on any atom is 0.151 e. The highest BCUT2D eigenvalue weighted by Crippen LogP contribution is 2.20. The van der Waals surface area contributed by atoms with Crippen LogP contribution < -0.4 is 5.32 Å². The molecular weight excluding hydrogens is 302 g/mol. The first-order chi connectivity index (χ1) is 11.7. The molecule has 24 heavy (non-hydrogen) atoms. The van der Waals surface area contributed by atoms with E-state index < -0.39 is 0 Å². The van der Waals surface area contributed by atoms with Crippen molar-refractivity contribution in [2.45, 2.75) is 45.8 Å². The first-order valence-electron chi connectivity index (χ1n) is 8.34. The van der Waals surface area contributed by atoms with E-state index in [1.165, 1.54) is 5.56 Å². The molecule has 1 aromatic carbocycles. The predicted molar refractivity (Wildman–Crippen MR) is 90.4 cm³/mol. The summed E-state index contributed by atoms with van der Waals surface area (Å²) in [5, 5.41) is 12.2. The second-order valence-corrected chi connectivity index (χ2v) is 6.42. The number of hydrogen-bond acceptors (Lipinski definition) is 5. The number of rotatable bonds is 4. The van der Waals surface area contributed by atoms with E-state index in [0.717, 1.165) is 48.1 Å². The lowest BCUT2D eigenvalue weighted by molar-refractivity contribution is 0.325. The number of aromatic nitrogens is 4. The molecule has 0 amide bonds. The van der Waals surface area contributed by atoms with Crippen molar-refractivity contribution in [2.75, 3.05) is 0 Å². The van der Waals surface area contributed by atoms with Crippen molar-refractivity contribution >= 4 is 0 Å². The van der Waals surface area contributed by atoms with Crippen molar-refractivity contribution in [3.05, 3.63) is 53.3 Å². The summed E-state index contributed by atoms with van der Waals surface area (Å²) in [7, 11) is 0. The molecule has 0 radical (unpaired) electrons. The third kappa shape index (κ3) is 3.10. The number of aryl methyl sites for hydroxylation is 3. The van der Waals surface area contributed by atoms with E-state index in [2.05, 4.69) is 51.7 Å². The van der Waals surface area contributed by atoms with Gasteiger partial charge in [0.1, 0.15) is 17.3 Å². The minimum Gasteiger partial charge on any atom is -0.359 e. The number of benzene rings is 1. The van der Waals surface area contributed by atoms with Crippen LogP contribution in [0.15, 0.2) is 34.9 Å². The van der Waals surface area contributed by atoms with Crippen molar-refractivity contribution in [1.29, 1.82) is 0 Å². The largest absolute Gasteiger partial charge is 0.359 e. The summed E-state index contributed by atoms with van der Waals surface area (Å²) in [5.74, 6) is 2.79. The Morgan fingerprint density at radius 1 is 1.25 bits per heavy atom. The van der Waals surface area contributed by atoms with Crippen molar-refractivity contribution in [3.8, 4) is 11.3 Å². The van der Waals surface area contributed by atoms with E-state index in [9.17, 15) is 0 Å². The number of nitrogens with one attached hydrogen (secondary N) is 1. The van der Waals surface area contributed by atoms with Gasteiger partial charge in [-0.15, -0.1) is 0 Å². The van der Waals surface area contributed by atoms with Gasteiger partial charge in [-0.25, -0.2) is 9.67 Å². The highest BCUT2D eigenvalue weighted by molar-refractivity contribution is 5.59. The Labute approximate surface area is 140 Å². The third-order valence-electron chi connectivity index (χ3n) is 4.44. The van der Waals surface area contributed by atoms with Gasteiger partial charge in [-0.05, 0) is 20.3 Å². The Morgan fingerprint density at radius 2 is 2.08 bits per heavy atom. The van der Waals surface area contributed by atoms with Crippen LogP contribution in [0.1, 0.15) is 29.4 Å². The smallest absolute Gasteiger partial charge is 0.151 e. The number of hydrogen-bond donors (Lipinski definition) is 1. The van der Waals surface area contributed by atoms with Crippen molar-refractivity contribution in [2.24, 2.45) is 0 Å². The maximum absolute atomic E-state index is 5.47. The SMILES string of the molecule is Cc1ccc(-c2cc(CN[C@H]3CCc4nc(C)nn4C3)on2)cc1. The molecule has 2 aromatic heterocycles. The summed E-state index contributed by atoms with van der Waals surface area (Å²) in [6.07, 6.45) is 2.03. The monoisotopic (exact) mass is 323 g/mol. The quantitative estimate of drug-likeness (QED) is 0.799. The Balaban J connectivity index is 1.38. The van der Waals surface area contributed by atoms with Gasteiger partial charge in [-0.1, -0.05) is 35.0 Å². The molecule has 1 aliphatic heterocycles. The highest BCUT2D eigenvalue weighted by atomic mass is 16.5. The van der Waals surface area contributed by atoms with Crippen LogP contribution in [0.2, 0.25) is 0 Å². The van der Waals surface area contributed by atoms with E-state index >= 15 is 0 Å². The van der Waals surface area contributed by atoms with Crippen molar-refractivity contribution in [3.63, 3.8) is 0 Å². The molecule has 0 spiro atoms. The van der Waals surface area contributed by atoms with E-state index in [1.54, 1.807) is 0 Å². The topological polar surface area (TPSA) is 68.8 Å². The number of fused-ring (bicyclic) bond motifs is 1. The molecule has 0 unspecified atom stereocenters. The lowest BCUT2D eigenvalue weighted by atomic mass is 10.1. The molecule has 6 nitrogen and oxygen atoms in total. The molecule has 6 heteroatoms. The molecule has 1 N–H and O–H groups in total. The summed E-state index contributed by atoms with van der Waals surface area (Å²) in [4.78, 5) is 4.44. The summed E-state index contributed by atoms with van der Waals surface area (Å²) >= 11 is 0. The van der Waals surface area contributed by atoms with Gasteiger partial charge in [-0.2, -0.15) is 5.10 Å².